The van der Waals surface area contributed by atoms with Gasteiger partial charge in [-0.1, -0.05) is 18.2 Å². The molecule has 1 aliphatic rings. The van der Waals surface area contributed by atoms with Crippen molar-refractivity contribution in [1.29, 1.82) is 0 Å². The van der Waals surface area contributed by atoms with Crippen LogP contribution in [0.15, 0.2) is 65.6 Å². The lowest BCUT2D eigenvalue weighted by Crippen LogP contribution is -2.44. The molecule has 3 aromatic rings. The van der Waals surface area contributed by atoms with Crippen molar-refractivity contribution in [3.63, 3.8) is 0 Å². The summed E-state index contributed by atoms with van der Waals surface area (Å²) in [6.07, 6.45) is -0.548. The largest absolute Gasteiger partial charge is 0.444 e. The van der Waals surface area contributed by atoms with Crippen LogP contribution in [-0.2, 0) is 25.1 Å². The summed E-state index contributed by atoms with van der Waals surface area (Å²) in [5.41, 5.74) is 1.04. The zero-order chi connectivity index (χ0) is 26.6. The van der Waals surface area contributed by atoms with E-state index in [-0.39, 0.29) is 16.7 Å². The lowest BCUT2D eigenvalue weighted by atomic mass is 10.2. The summed E-state index contributed by atoms with van der Waals surface area (Å²) in [6, 6.07) is 17.2. The van der Waals surface area contributed by atoms with E-state index in [1.54, 1.807) is 81.4 Å². The number of ether oxygens (including phenoxy) is 2. The van der Waals surface area contributed by atoms with Crippen LogP contribution < -0.4 is 10.2 Å². The van der Waals surface area contributed by atoms with Gasteiger partial charge in [0.15, 0.2) is 15.7 Å². The molecule has 196 valence electrons. The second kappa shape index (κ2) is 10.9. The van der Waals surface area contributed by atoms with Crippen molar-refractivity contribution in [2.45, 2.75) is 50.0 Å². The minimum absolute atomic E-state index is 0.0792. The fourth-order valence-electron chi connectivity index (χ4n) is 3.93. The molecule has 0 saturated carbocycles. The zero-order valence-electron chi connectivity index (χ0n) is 21.5. The topological polar surface area (TPSA) is 111 Å². The van der Waals surface area contributed by atoms with E-state index in [0.717, 1.165) is 0 Å². The molecule has 0 radical (unpaired) electrons. The summed E-state index contributed by atoms with van der Waals surface area (Å²) in [5.74, 6) is 0.796. The average molecular weight is 525 g/mol. The Morgan fingerprint density at radius 1 is 1.11 bits per heavy atom. The van der Waals surface area contributed by atoms with Crippen LogP contribution in [0.1, 0.15) is 33.4 Å². The van der Waals surface area contributed by atoms with Crippen molar-refractivity contribution in [2.24, 2.45) is 0 Å². The first-order valence-corrected chi connectivity index (χ1v) is 13.8. The molecule has 0 aliphatic carbocycles. The van der Waals surface area contributed by atoms with Crippen LogP contribution in [0, 0.1) is 0 Å². The molecule has 1 aromatic heterocycles. The number of carbonyl (C=O) groups is 1. The number of sulfone groups is 1. The van der Waals surface area contributed by atoms with E-state index in [4.69, 9.17) is 14.5 Å². The maximum Gasteiger partial charge on any atom is 0.412 e. The second-order valence-electron chi connectivity index (χ2n) is 9.93. The van der Waals surface area contributed by atoms with Gasteiger partial charge in [0, 0.05) is 23.9 Å². The number of rotatable bonds is 6. The van der Waals surface area contributed by atoms with Gasteiger partial charge in [0.2, 0.25) is 0 Å². The third-order valence-corrected chi connectivity index (χ3v) is 7.32. The summed E-state index contributed by atoms with van der Waals surface area (Å²) < 4.78 is 37.1. The number of carbonyl (C=O) groups excluding carboxylic acids is 1. The van der Waals surface area contributed by atoms with Gasteiger partial charge < -0.3 is 14.4 Å². The molecule has 1 saturated heterocycles. The number of anilines is 2. The highest BCUT2D eigenvalue weighted by atomic mass is 32.2. The number of nitrogens with zero attached hydrogens (tertiary/aromatic N) is 3. The highest BCUT2D eigenvalue weighted by Gasteiger charge is 2.24. The van der Waals surface area contributed by atoms with Crippen LogP contribution in [-0.4, -0.2) is 55.9 Å². The number of hydrogen-bond donors (Lipinski definition) is 1. The SMILES string of the molecule is C[C@H]1COCCN1c1cc(CS(=O)(=O)c2ccccc2)nc(-c2ccc(NC(=O)OC(C)(C)C)cc2)n1. The highest BCUT2D eigenvalue weighted by molar-refractivity contribution is 7.90. The summed E-state index contributed by atoms with van der Waals surface area (Å²) >= 11 is 0. The molecule has 0 unspecified atom stereocenters. The van der Waals surface area contributed by atoms with Gasteiger partial charge in [0.05, 0.1) is 35.6 Å². The molecular formula is C27H32N4O5S. The monoisotopic (exact) mass is 524 g/mol. The number of benzene rings is 2. The maximum absolute atomic E-state index is 13.1. The van der Waals surface area contributed by atoms with Crippen molar-refractivity contribution >= 4 is 27.4 Å². The molecule has 2 heterocycles. The Morgan fingerprint density at radius 3 is 2.46 bits per heavy atom. The Labute approximate surface area is 217 Å². The van der Waals surface area contributed by atoms with Crippen molar-refractivity contribution in [2.75, 3.05) is 30.0 Å². The van der Waals surface area contributed by atoms with Crippen LogP contribution in [0.3, 0.4) is 0 Å². The molecule has 0 spiro atoms. The molecule has 1 N–H and O–H groups in total. The summed E-state index contributed by atoms with van der Waals surface area (Å²) in [5, 5.41) is 2.70. The van der Waals surface area contributed by atoms with E-state index in [1.165, 1.54) is 0 Å². The molecule has 1 aliphatic heterocycles. The molecule has 1 amide bonds. The first kappa shape index (κ1) is 26.6. The first-order valence-electron chi connectivity index (χ1n) is 12.1. The molecule has 9 nitrogen and oxygen atoms in total. The van der Waals surface area contributed by atoms with Crippen molar-refractivity contribution in [1.82, 2.24) is 9.97 Å². The van der Waals surface area contributed by atoms with Gasteiger partial charge in [0.25, 0.3) is 0 Å². The second-order valence-corrected chi connectivity index (χ2v) is 11.9. The van der Waals surface area contributed by atoms with Crippen LogP contribution in [0.2, 0.25) is 0 Å². The lowest BCUT2D eigenvalue weighted by Gasteiger charge is -2.34. The minimum atomic E-state index is -3.60. The predicted octanol–water partition coefficient (Wildman–Crippen LogP) is 4.69. The Bertz CT molecular complexity index is 1340. The quantitative estimate of drug-likeness (QED) is 0.495. The highest BCUT2D eigenvalue weighted by Crippen LogP contribution is 2.26. The van der Waals surface area contributed by atoms with Gasteiger partial charge in [-0.05, 0) is 64.1 Å². The van der Waals surface area contributed by atoms with E-state index in [9.17, 15) is 13.2 Å². The molecule has 2 aromatic carbocycles. The normalized spacial score (nSPS) is 16.3. The Kier molecular flexibility index (Phi) is 7.79. The summed E-state index contributed by atoms with van der Waals surface area (Å²) in [7, 11) is -3.60. The smallest absolute Gasteiger partial charge is 0.412 e. The molecule has 1 fully saturated rings. The number of amides is 1. The van der Waals surface area contributed by atoms with E-state index < -0.39 is 21.5 Å². The van der Waals surface area contributed by atoms with Gasteiger partial charge >= 0.3 is 6.09 Å². The molecule has 1 atom stereocenters. The molecule has 10 heteroatoms. The van der Waals surface area contributed by atoms with E-state index in [1.807, 2.05) is 6.92 Å². The van der Waals surface area contributed by atoms with Crippen molar-refractivity contribution in [3.8, 4) is 11.4 Å². The summed E-state index contributed by atoms with van der Waals surface area (Å²) in [6.45, 7) is 9.19. The van der Waals surface area contributed by atoms with Crippen LogP contribution in [0.25, 0.3) is 11.4 Å². The van der Waals surface area contributed by atoms with Crippen LogP contribution in [0.5, 0.6) is 0 Å². The molecule has 0 bridgehead atoms. The Morgan fingerprint density at radius 2 is 1.81 bits per heavy atom. The Balaban J connectivity index is 1.65. The zero-order valence-corrected chi connectivity index (χ0v) is 22.3. The van der Waals surface area contributed by atoms with Gasteiger partial charge in [0.1, 0.15) is 11.4 Å². The van der Waals surface area contributed by atoms with Crippen molar-refractivity contribution < 1.29 is 22.7 Å². The van der Waals surface area contributed by atoms with Crippen LogP contribution in [0.4, 0.5) is 16.3 Å². The third kappa shape index (κ3) is 7.05. The number of morpholine rings is 1. The standard InChI is InChI=1S/C27H32N4O5S/c1-19-17-35-15-14-31(19)24-16-22(18-37(33,34)23-8-6-5-7-9-23)28-25(30-24)20-10-12-21(13-11-20)29-26(32)36-27(2,3)4/h5-13,16,19H,14-15,17-18H2,1-4H3,(H,29,32)/t19-/m0/s1. The maximum atomic E-state index is 13.1. The fourth-order valence-corrected chi connectivity index (χ4v) is 5.21. The van der Waals surface area contributed by atoms with Crippen LogP contribution >= 0.6 is 0 Å². The van der Waals surface area contributed by atoms with Gasteiger partial charge in [-0.25, -0.2) is 23.2 Å². The predicted molar refractivity (Wildman–Crippen MR) is 142 cm³/mol. The van der Waals surface area contributed by atoms with Gasteiger partial charge in [-0.15, -0.1) is 0 Å². The van der Waals surface area contributed by atoms with Gasteiger partial charge in [-0.3, -0.25) is 5.32 Å². The third-order valence-electron chi connectivity index (χ3n) is 5.66. The van der Waals surface area contributed by atoms with Gasteiger partial charge in [-0.2, -0.15) is 0 Å². The number of hydrogen-bond acceptors (Lipinski definition) is 8. The van der Waals surface area contributed by atoms with E-state index in [0.29, 0.717) is 48.3 Å². The average Bonchev–Trinajstić information content (AvgIpc) is 2.84. The minimum Gasteiger partial charge on any atom is -0.444 e. The molecule has 4 rings (SSSR count). The lowest BCUT2D eigenvalue weighted by molar-refractivity contribution is 0.0636. The first-order chi connectivity index (χ1) is 17.5. The molecular weight excluding hydrogens is 492 g/mol. The number of nitrogens with one attached hydrogen (secondary N) is 1. The van der Waals surface area contributed by atoms with E-state index in [2.05, 4.69) is 15.2 Å². The molecule has 37 heavy (non-hydrogen) atoms. The summed E-state index contributed by atoms with van der Waals surface area (Å²) in [4.78, 5) is 23.8. The number of aromatic nitrogens is 2. The Hall–Kier alpha value is -3.50. The fraction of sp³-hybridized carbons (Fsp3) is 0.370. The van der Waals surface area contributed by atoms with E-state index >= 15 is 0 Å². The van der Waals surface area contributed by atoms with Crippen molar-refractivity contribution in [3.05, 3.63) is 66.4 Å².